The summed E-state index contributed by atoms with van der Waals surface area (Å²) >= 11 is 0. The molecule has 0 N–H and O–H groups in total. The molecule has 1 aromatic carbocycles. The largest absolute Gasteiger partial charge is 0.363 e. The van der Waals surface area contributed by atoms with Crippen molar-refractivity contribution >= 4 is 0 Å². The van der Waals surface area contributed by atoms with E-state index in [0.29, 0.717) is 0 Å². The van der Waals surface area contributed by atoms with Gasteiger partial charge in [0.25, 0.3) is 0 Å². The first kappa shape index (κ1) is 9.91. The van der Waals surface area contributed by atoms with Crippen molar-refractivity contribution in [3.05, 3.63) is 53.3 Å². The molecular formula is C14H15O+. The van der Waals surface area contributed by atoms with Crippen LogP contribution < -0.4 is 0 Å². The molecule has 1 heterocycles. The van der Waals surface area contributed by atoms with Gasteiger partial charge in [-0.2, -0.15) is 0 Å². The lowest BCUT2D eigenvalue weighted by molar-refractivity contribution is 0.526. The number of rotatable bonds is 1. The lowest BCUT2D eigenvalue weighted by Crippen LogP contribution is -1.89. The number of hydrogen-bond acceptors (Lipinski definition) is 0. The Morgan fingerprint density at radius 2 is 1.60 bits per heavy atom. The Morgan fingerprint density at radius 1 is 0.933 bits per heavy atom. The van der Waals surface area contributed by atoms with Gasteiger partial charge in [-0.25, -0.2) is 4.42 Å². The third-order valence-electron chi connectivity index (χ3n) is 2.65. The second-order valence-corrected chi connectivity index (χ2v) is 3.86. The first-order chi connectivity index (χ1) is 7.18. The van der Waals surface area contributed by atoms with Crippen LogP contribution in [0.25, 0.3) is 11.3 Å². The van der Waals surface area contributed by atoms with Gasteiger partial charge in [0.05, 0.1) is 18.1 Å². The van der Waals surface area contributed by atoms with E-state index in [0.717, 1.165) is 17.1 Å². The molecule has 0 saturated carbocycles. The van der Waals surface area contributed by atoms with E-state index in [1.165, 1.54) is 11.1 Å². The Hall–Kier alpha value is -1.63. The molecule has 0 bridgehead atoms. The summed E-state index contributed by atoms with van der Waals surface area (Å²) in [4.78, 5) is 0. The quantitative estimate of drug-likeness (QED) is 0.628. The van der Waals surface area contributed by atoms with Crippen molar-refractivity contribution in [2.24, 2.45) is 0 Å². The molecule has 15 heavy (non-hydrogen) atoms. The minimum atomic E-state index is 0.956. The van der Waals surface area contributed by atoms with E-state index in [9.17, 15) is 0 Å². The number of aryl methyl sites for hydroxylation is 2. The Kier molecular flexibility index (Phi) is 2.55. The Morgan fingerprint density at radius 3 is 2.27 bits per heavy atom. The minimum Gasteiger partial charge on any atom is -0.212 e. The van der Waals surface area contributed by atoms with Crippen molar-refractivity contribution in [1.82, 2.24) is 0 Å². The molecule has 0 atom stereocenters. The Balaban J connectivity index is 2.63. The van der Waals surface area contributed by atoms with Crippen LogP contribution in [-0.2, 0) is 0 Å². The highest BCUT2D eigenvalue weighted by Crippen LogP contribution is 2.26. The van der Waals surface area contributed by atoms with Crippen LogP contribution in [0.15, 0.2) is 40.8 Å². The van der Waals surface area contributed by atoms with Crippen molar-refractivity contribution in [3.63, 3.8) is 0 Å². The van der Waals surface area contributed by atoms with Gasteiger partial charge in [-0.3, -0.25) is 0 Å². The predicted molar refractivity (Wildman–Crippen MR) is 62.8 cm³/mol. The van der Waals surface area contributed by atoms with Crippen molar-refractivity contribution < 1.29 is 4.42 Å². The molecule has 1 aromatic heterocycles. The fourth-order valence-corrected chi connectivity index (χ4v) is 1.72. The highest BCUT2D eigenvalue weighted by Gasteiger charge is 2.18. The van der Waals surface area contributed by atoms with Crippen molar-refractivity contribution in [1.29, 1.82) is 0 Å². The first-order valence-electron chi connectivity index (χ1n) is 5.15. The molecular weight excluding hydrogens is 184 g/mol. The zero-order chi connectivity index (χ0) is 10.8. The molecule has 0 amide bonds. The van der Waals surface area contributed by atoms with E-state index >= 15 is 0 Å². The van der Waals surface area contributed by atoms with Gasteiger partial charge in [-0.15, -0.1) is 0 Å². The van der Waals surface area contributed by atoms with E-state index in [2.05, 4.69) is 32.0 Å². The molecule has 0 fully saturated rings. The lowest BCUT2D eigenvalue weighted by Gasteiger charge is -1.98. The second kappa shape index (κ2) is 3.85. The van der Waals surface area contributed by atoms with E-state index in [4.69, 9.17) is 4.42 Å². The van der Waals surface area contributed by atoms with Crippen LogP contribution in [0.4, 0.5) is 0 Å². The normalized spacial score (nSPS) is 10.3. The molecule has 1 heteroatoms. The monoisotopic (exact) mass is 199 g/mol. The summed E-state index contributed by atoms with van der Waals surface area (Å²) in [5.41, 5.74) is 3.63. The van der Waals surface area contributed by atoms with Crippen LogP contribution in [0, 0.1) is 20.8 Å². The maximum atomic E-state index is 5.77. The van der Waals surface area contributed by atoms with E-state index in [1.807, 2.05) is 25.1 Å². The predicted octanol–water partition coefficient (Wildman–Crippen LogP) is 4.15. The highest BCUT2D eigenvalue weighted by molar-refractivity contribution is 5.62. The zero-order valence-corrected chi connectivity index (χ0v) is 9.37. The maximum absolute atomic E-state index is 5.77. The van der Waals surface area contributed by atoms with Gasteiger partial charge in [-0.1, -0.05) is 18.2 Å². The lowest BCUT2D eigenvalue weighted by atomic mass is 10.0. The minimum absolute atomic E-state index is 0.956. The number of hydrogen-bond donors (Lipinski definition) is 0. The molecule has 0 aliphatic heterocycles. The molecule has 0 unspecified atom stereocenters. The summed E-state index contributed by atoms with van der Waals surface area (Å²) in [6.07, 6.45) is 0. The fourth-order valence-electron chi connectivity index (χ4n) is 1.72. The molecule has 0 saturated heterocycles. The van der Waals surface area contributed by atoms with Gasteiger partial charge in [0.2, 0.25) is 0 Å². The van der Waals surface area contributed by atoms with Gasteiger partial charge >= 0.3 is 11.5 Å². The van der Waals surface area contributed by atoms with Crippen molar-refractivity contribution in [2.45, 2.75) is 20.8 Å². The van der Waals surface area contributed by atoms with Crippen LogP contribution >= 0.6 is 0 Å². The zero-order valence-electron chi connectivity index (χ0n) is 9.37. The molecule has 0 aliphatic carbocycles. The van der Waals surface area contributed by atoms with Gasteiger partial charge in [0.15, 0.2) is 0 Å². The van der Waals surface area contributed by atoms with Gasteiger partial charge < -0.3 is 0 Å². The molecule has 2 rings (SSSR count). The average Bonchev–Trinajstić information content (AvgIpc) is 2.24. The van der Waals surface area contributed by atoms with Crippen LogP contribution in [0.5, 0.6) is 0 Å². The number of benzene rings is 1. The summed E-state index contributed by atoms with van der Waals surface area (Å²) < 4.78 is 5.77. The van der Waals surface area contributed by atoms with Crippen molar-refractivity contribution in [2.75, 3.05) is 0 Å². The molecule has 0 radical (unpaired) electrons. The van der Waals surface area contributed by atoms with Crippen LogP contribution in [0.1, 0.15) is 16.9 Å². The Bertz CT molecular complexity index is 472. The molecule has 0 spiro atoms. The van der Waals surface area contributed by atoms with Crippen LogP contribution in [0.2, 0.25) is 0 Å². The molecule has 0 aliphatic rings. The van der Waals surface area contributed by atoms with Gasteiger partial charge in [0.1, 0.15) is 0 Å². The summed E-state index contributed by atoms with van der Waals surface area (Å²) in [5.74, 6) is 1.94. The van der Waals surface area contributed by atoms with Gasteiger partial charge in [0, 0.05) is 6.07 Å². The average molecular weight is 199 g/mol. The standard InChI is InChI=1S/C14H15O/c1-10-9-11(2)15-14(12(10)3)13-7-5-4-6-8-13/h4-9H,1-3H3/q+1. The second-order valence-electron chi connectivity index (χ2n) is 3.86. The summed E-state index contributed by atoms with van der Waals surface area (Å²) in [7, 11) is 0. The molecule has 1 nitrogen and oxygen atoms in total. The van der Waals surface area contributed by atoms with Crippen LogP contribution in [-0.4, -0.2) is 0 Å². The summed E-state index contributed by atoms with van der Waals surface area (Å²) in [6.45, 7) is 6.20. The highest BCUT2D eigenvalue weighted by atomic mass is 16.3. The fraction of sp³-hybridized carbons (Fsp3) is 0.214. The Labute approximate surface area is 90.4 Å². The topological polar surface area (TPSA) is 11.3 Å². The third kappa shape index (κ3) is 1.91. The molecule has 2 aromatic rings. The first-order valence-corrected chi connectivity index (χ1v) is 5.15. The van der Waals surface area contributed by atoms with E-state index < -0.39 is 0 Å². The third-order valence-corrected chi connectivity index (χ3v) is 2.65. The van der Waals surface area contributed by atoms with Gasteiger partial charge in [-0.05, 0) is 31.5 Å². The van der Waals surface area contributed by atoms with E-state index in [-0.39, 0.29) is 0 Å². The SMILES string of the molecule is Cc1cc(C)c(C)c(-c2ccccc2)[o+]1. The maximum Gasteiger partial charge on any atom is 0.363 e. The smallest absolute Gasteiger partial charge is 0.212 e. The van der Waals surface area contributed by atoms with Crippen molar-refractivity contribution in [3.8, 4) is 11.3 Å². The molecule has 76 valence electrons. The van der Waals surface area contributed by atoms with Crippen LogP contribution in [0.3, 0.4) is 0 Å². The van der Waals surface area contributed by atoms with E-state index in [1.54, 1.807) is 0 Å². The summed E-state index contributed by atoms with van der Waals surface area (Å²) in [5, 5.41) is 0. The summed E-state index contributed by atoms with van der Waals surface area (Å²) in [6, 6.07) is 12.3.